The van der Waals surface area contributed by atoms with Crippen molar-refractivity contribution >= 4 is 0 Å². The summed E-state index contributed by atoms with van der Waals surface area (Å²) in [5, 5.41) is 3.33. The van der Waals surface area contributed by atoms with E-state index >= 15 is 0 Å². The van der Waals surface area contributed by atoms with Gasteiger partial charge in [0.25, 0.3) is 0 Å². The summed E-state index contributed by atoms with van der Waals surface area (Å²) in [6.07, 6.45) is 4.63. The molecule has 1 atom stereocenters. The predicted molar refractivity (Wildman–Crippen MR) is 66.2 cm³/mol. The molecule has 1 rings (SSSR count). The SMILES string of the molecule is C=CCNCCN(C)CC1CCCN1C. The molecule has 0 aliphatic carbocycles. The molecule has 1 heterocycles. The maximum Gasteiger partial charge on any atom is 0.0220 e. The van der Waals surface area contributed by atoms with Crippen molar-refractivity contribution in [2.24, 2.45) is 0 Å². The van der Waals surface area contributed by atoms with E-state index in [0.29, 0.717) is 0 Å². The van der Waals surface area contributed by atoms with E-state index in [1.165, 1.54) is 25.9 Å². The van der Waals surface area contributed by atoms with E-state index in [4.69, 9.17) is 0 Å². The lowest BCUT2D eigenvalue weighted by molar-refractivity contribution is 0.221. The van der Waals surface area contributed by atoms with Crippen LogP contribution in [0.3, 0.4) is 0 Å². The quantitative estimate of drug-likeness (QED) is 0.496. The first-order chi connectivity index (χ1) is 7.24. The first-order valence-electron chi connectivity index (χ1n) is 5.94. The maximum absolute atomic E-state index is 3.69. The van der Waals surface area contributed by atoms with Crippen LogP contribution in [0, 0.1) is 0 Å². The fraction of sp³-hybridized carbons (Fsp3) is 0.833. The molecule has 0 spiro atoms. The van der Waals surface area contributed by atoms with Gasteiger partial charge in [0.05, 0.1) is 0 Å². The Kier molecular flexibility index (Phi) is 5.91. The van der Waals surface area contributed by atoms with Crippen LogP contribution in [0.25, 0.3) is 0 Å². The van der Waals surface area contributed by atoms with E-state index in [1.54, 1.807) is 0 Å². The van der Waals surface area contributed by atoms with E-state index in [1.807, 2.05) is 6.08 Å². The summed E-state index contributed by atoms with van der Waals surface area (Å²) in [5.41, 5.74) is 0. The summed E-state index contributed by atoms with van der Waals surface area (Å²) in [6.45, 7) is 9.25. The molecule has 1 unspecified atom stereocenters. The van der Waals surface area contributed by atoms with Crippen molar-refractivity contribution in [3.8, 4) is 0 Å². The average Bonchev–Trinajstić information content (AvgIpc) is 2.59. The summed E-state index contributed by atoms with van der Waals surface area (Å²) < 4.78 is 0. The Morgan fingerprint density at radius 3 is 3.00 bits per heavy atom. The smallest absolute Gasteiger partial charge is 0.0220 e. The molecule has 15 heavy (non-hydrogen) atoms. The second-order valence-corrected chi connectivity index (χ2v) is 4.53. The Morgan fingerprint density at radius 2 is 2.40 bits per heavy atom. The summed E-state index contributed by atoms with van der Waals surface area (Å²) in [6, 6.07) is 0.773. The van der Waals surface area contributed by atoms with Gasteiger partial charge in [0.1, 0.15) is 0 Å². The van der Waals surface area contributed by atoms with Gasteiger partial charge in [-0.3, -0.25) is 0 Å². The normalized spacial score (nSPS) is 22.5. The molecule has 1 aliphatic rings. The minimum atomic E-state index is 0.773. The number of nitrogens with zero attached hydrogens (tertiary/aromatic N) is 2. The third kappa shape index (κ3) is 4.78. The fourth-order valence-electron chi connectivity index (χ4n) is 2.14. The van der Waals surface area contributed by atoms with Crippen molar-refractivity contribution < 1.29 is 0 Å². The maximum atomic E-state index is 3.69. The van der Waals surface area contributed by atoms with Crippen LogP contribution < -0.4 is 5.32 Å². The topological polar surface area (TPSA) is 18.5 Å². The highest BCUT2D eigenvalue weighted by Gasteiger charge is 2.21. The zero-order valence-corrected chi connectivity index (χ0v) is 10.2. The van der Waals surface area contributed by atoms with E-state index in [0.717, 1.165) is 25.7 Å². The van der Waals surface area contributed by atoms with Crippen molar-refractivity contribution in [1.29, 1.82) is 0 Å². The van der Waals surface area contributed by atoms with Crippen molar-refractivity contribution in [1.82, 2.24) is 15.1 Å². The van der Waals surface area contributed by atoms with E-state index in [9.17, 15) is 0 Å². The second kappa shape index (κ2) is 6.99. The molecule has 3 heteroatoms. The van der Waals surface area contributed by atoms with Crippen LogP contribution >= 0.6 is 0 Å². The van der Waals surface area contributed by atoms with Gasteiger partial charge in [0.2, 0.25) is 0 Å². The number of rotatable bonds is 7. The first kappa shape index (κ1) is 12.7. The van der Waals surface area contributed by atoms with Crippen LogP contribution in [0.2, 0.25) is 0 Å². The van der Waals surface area contributed by atoms with Crippen molar-refractivity contribution in [3.05, 3.63) is 12.7 Å². The number of likely N-dealkylation sites (N-methyl/N-ethyl adjacent to an activating group) is 2. The molecular formula is C12H25N3. The van der Waals surface area contributed by atoms with Crippen LogP contribution in [0.1, 0.15) is 12.8 Å². The van der Waals surface area contributed by atoms with Crippen LogP contribution in [-0.2, 0) is 0 Å². The summed E-state index contributed by atoms with van der Waals surface area (Å²) in [4.78, 5) is 4.90. The molecule has 1 saturated heterocycles. The van der Waals surface area contributed by atoms with Crippen molar-refractivity contribution in [2.75, 3.05) is 46.8 Å². The molecule has 1 fully saturated rings. The molecule has 0 aromatic carbocycles. The summed E-state index contributed by atoms with van der Waals surface area (Å²) >= 11 is 0. The Labute approximate surface area is 94.1 Å². The van der Waals surface area contributed by atoms with Gasteiger partial charge >= 0.3 is 0 Å². The van der Waals surface area contributed by atoms with Gasteiger partial charge in [-0.2, -0.15) is 0 Å². The van der Waals surface area contributed by atoms with Crippen LogP contribution in [0.15, 0.2) is 12.7 Å². The Bertz CT molecular complexity index is 182. The summed E-state index contributed by atoms with van der Waals surface area (Å²) in [7, 11) is 4.45. The lowest BCUT2D eigenvalue weighted by Crippen LogP contribution is -2.39. The number of likely N-dealkylation sites (tertiary alicyclic amines) is 1. The van der Waals surface area contributed by atoms with Crippen LogP contribution in [0.5, 0.6) is 0 Å². The molecule has 3 nitrogen and oxygen atoms in total. The van der Waals surface area contributed by atoms with Gasteiger partial charge in [-0.05, 0) is 33.5 Å². The van der Waals surface area contributed by atoms with Gasteiger partial charge < -0.3 is 15.1 Å². The van der Waals surface area contributed by atoms with Crippen LogP contribution in [0.4, 0.5) is 0 Å². The molecule has 0 aromatic rings. The lowest BCUT2D eigenvalue weighted by atomic mass is 10.2. The zero-order chi connectivity index (χ0) is 11.1. The van der Waals surface area contributed by atoms with Gasteiger partial charge in [-0.1, -0.05) is 6.08 Å². The average molecular weight is 211 g/mol. The third-order valence-electron chi connectivity index (χ3n) is 3.15. The minimum absolute atomic E-state index is 0.773. The van der Waals surface area contributed by atoms with Crippen LogP contribution in [-0.4, -0.2) is 62.7 Å². The molecular weight excluding hydrogens is 186 g/mol. The molecule has 0 amide bonds. The minimum Gasteiger partial charge on any atom is -0.312 e. The van der Waals surface area contributed by atoms with Crippen molar-refractivity contribution in [2.45, 2.75) is 18.9 Å². The van der Waals surface area contributed by atoms with E-state index in [2.05, 4.69) is 35.8 Å². The molecule has 0 saturated carbocycles. The highest BCUT2D eigenvalue weighted by Crippen LogP contribution is 2.14. The van der Waals surface area contributed by atoms with Gasteiger partial charge in [-0.25, -0.2) is 0 Å². The first-order valence-corrected chi connectivity index (χ1v) is 5.94. The highest BCUT2D eigenvalue weighted by molar-refractivity contribution is 4.79. The van der Waals surface area contributed by atoms with Gasteiger partial charge in [0.15, 0.2) is 0 Å². The number of nitrogens with one attached hydrogen (secondary N) is 1. The number of hydrogen-bond donors (Lipinski definition) is 1. The molecule has 0 aromatic heterocycles. The zero-order valence-electron chi connectivity index (χ0n) is 10.2. The van der Waals surface area contributed by atoms with Crippen molar-refractivity contribution in [3.63, 3.8) is 0 Å². The Hall–Kier alpha value is -0.380. The molecule has 1 aliphatic heterocycles. The largest absolute Gasteiger partial charge is 0.312 e. The monoisotopic (exact) mass is 211 g/mol. The molecule has 88 valence electrons. The van der Waals surface area contributed by atoms with E-state index < -0.39 is 0 Å². The Morgan fingerprint density at radius 1 is 1.60 bits per heavy atom. The predicted octanol–water partition coefficient (Wildman–Crippen LogP) is 0.788. The third-order valence-corrected chi connectivity index (χ3v) is 3.15. The van der Waals surface area contributed by atoms with Gasteiger partial charge in [-0.15, -0.1) is 6.58 Å². The Balaban J connectivity index is 2.06. The van der Waals surface area contributed by atoms with E-state index in [-0.39, 0.29) is 0 Å². The number of hydrogen-bond acceptors (Lipinski definition) is 3. The van der Waals surface area contributed by atoms with Gasteiger partial charge in [0, 0.05) is 32.2 Å². The summed E-state index contributed by atoms with van der Waals surface area (Å²) in [5.74, 6) is 0. The highest BCUT2D eigenvalue weighted by atomic mass is 15.2. The fourth-order valence-corrected chi connectivity index (χ4v) is 2.14. The molecule has 0 radical (unpaired) electrons. The molecule has 1 N–H and O–H groups in total. The lowest BCUT2D eigenvalue weighted by Gasteiger charge is -2.25. The standard InChI is InChI=1S/C12H25N3/c1-4-7-13-8-10-14(2)11-12-6-5-9-15(12)3/h4,12-13H,1,5-11H2,2-3H3. The molecule has 0 bridgehead atoms. The second-order valence-electron chi connectivity index (χ2n) is 4.53.